The zero-order chi connectivity index (χ0) is 25.0. The highest BCUT2D eigenvalue weighted by Crippen LogP contribution is 2.77. The van der Waals surface area contributed by atoms with Crippen LogP contribution in [0.1, 0.15) is 56.3 Å². The molecule has 1 spiro atoms. The van der Waals surface area contributed by atoms with Gasteiger partial charge in [-0.25, -0.2) is 4.79 Å². The predicted octanol–water partition coefficient (Wildman–Crippen LogP) is 3.05. The molecule has 7 nitrogen and oxygen atoms in total. The number of likely N-dealkylation sites (tertiary alicyclic amines) is 1. The number of hydrogen-bond acceptors (Lipinski definition) is 7. The Bertz CT molecular complexity index is 1090. The van der Waals surface area contributed by atoms with E-state index >= 15 is 0 Å². The van der Waals surface area contributed by atoms with E-state index in [2.05, 4.69) is 18.7 Å². The molecule has 4 aliphatic carbocycles. The van der Waals surface area contributed by atoms with Crippen LogP contribution in [0, 0.1) is 34.5 Å². The van der Waals surface area contributed by atoms with Gasteiger partial charge in [-0.1, -0.05) is 32.0 Å². The maximum Gasteiger partial charge on any atom is 0.338 e. The summed E-state index contributed by atoms with van der Waals surface area (Å²) in [6.07, 6.45) is 3.10. The van der Waals surface area contributed by atoms with Crippen LogP contribution in [0.5, 0.6) is 0 Å². The van der Waals surface area contributed by atoms with E-state index < -0.39 is 17.6 Å². The van der Waals surface area contributed by atoms with Crippen molar-refractivity contribution in [2.24, 2.45) is 34.5 Å². The Morgan fingerprint density at radius 3 is 2.72 bits per heavy atom. The average Bonchev–Trinajstić information content (AvgIpc) is 2.92. The molecule has 194 valence electrons. The van der Waals surface area contributed by atoms with Gasteiger partial charge in [-0.3, -0.25) is 9.69 Å². The number of carbonyl (C=O) groups is 2. The Labute approximate surface area is 212 Å². The summed E-state index contributed by atoms with van der Waals surface area (Å²) >= 11 is 0. The molecule has 1 aromatic carbocycles. The predicted molar refractivity (Wildman–Crippen MR) is 130 cm³/mol. The number of rotatable bonds is 4. The number of benzene rings is 1. The second-order valence-electron chi connectivity index (χ2n) is 12.6. The maximum absolute atomic E-state index is 13.5. The van der Waals surface area contributed by atoms with Gasteiger partial charge in [0.05, 0.1) is 23.2 Å². The lowest BCUT2D eigenvalue weighted by molar-refractivity contribution is -0.269. The van der Waals surface area contributed by atoms with E-state index in [4.69, 9.17) is 14.2 Å². The van der Waals surface area contributed by atoms with Crippen molar-refractivity contribution in [2.45, 2.75) is 75.9 Å². The zero-order valence-corrected chi connectivity index (χ0v) is 21.4. The first-order valence-corrected chi connectivity index (χ1v) is 13.8. The number of methoxy groups -OCH3 is 1. The molecule has 9 bridgehead atoms. The molecule has 3 aliphatic heterocycles. The lowest BCUT2D eigenvalue weighted by Gasteiger charge is -2.69. The third kappa shape index (κ3) is 2.60. The molecule has 11 atom stereocenters. The Balaban J connectivity index is 1.46. The molecule has 7 fully saturated rings. The van der Waals surface area contributed by atoms with Gasteiger partial charge in [0, 0.05) is 36.9 Å². The van der Waals surface area contributed by atoms with E-state index in [0.29, 0.717) is 18.4 Å². The van der Waals surface area contributed by atoms with E-state index in [-0.39, 0.29) is 58.8 Å². The molecule has 6 unspecified atom stereocenters. The monoisotopic (exact) mass is 495 g/mol. The van der Waals surface area contributed by atoms with E-state index in [9.17, 15) is 14.7 Å². The fourth-order valence-electron chi connectivity index (χ4n) is 10.5. The number of fused-ring (bicyclic) bond motifs is 2. The molecule has 7 heteroatoms. The molecule has 7 aliphatic rings. The summed E-state index contributed by atoms with van der Waals surface area (Å²) in [5.74, 6) is -1.62. The van der Waals surface area contributed by atoms with Gasteiger partial charge >= 0.3 is 11.9 Å². The van der Waals surface area contributed by atoms with Crippen molar-refractivity contribution in [2.75, 3.05) is 20.2 Å². The molecule has 4 saturated carbocycles. The fraction of sp³-hybridized carbons (Fsp3) is 0.724. The molecule has 0 amide bonds. The van der Waals surface area contributed by atoms with Crippen LogP contribution in [0.25, 0.3) is 0 Å². The van der Waals surface area contributed by atoms with Crippen molar-refractivity contribution in [1.82, 2.24) is 4.90 Å². The molecule has 3 saturated heterocycles. The van der Waals surface area contributed by atoms with Crippen LogP contribution in [0.2, 0.25) is 0 Å². The van der Waals surface area contributed by atoms with Crippen molar-refractivity contribution in [3.8, 4) is 0 Å². The van der Waals surface area contributed by atoms with Crippen molar-refractivity contribution in [3.63, 3.8) is 0 Å². The van der Waals surface area contributed by atoms with E-state index in [1.54, 1.807) is 19.2 Å². The summed E-state index contributed by atoms with van der Waals surface area (Å²) < 4.78 is 18.7. The summed E-state index contributed by atoms with van der Waals surface area (Å²) in [7, 11) is 1.79. The van der Waals surface area contributed by atoms with Gasteiger partial charge in [-0.2, -0.15) is 0 Å². The van der Waals surface area contributed by atoms with E-state index in [1.807, 2.05) is 18.2 Å². The fourth-order valence-corrected chi connectivity index (χ4v) is 10.5. The normalized spacial score (nSPS) is 50.4. The van der Waals surface area contributed by atoms with Gasteiger partial charge in [0.2, 0.25) is 0 Å². The van der Waals surface area contributed by atoms with Crippen LogP contribution < -0.4 is 0 Å². The SMILES string of the molecule is CCN1C[C@]2(C)CCC(OC)C34C5C[C@H]6CC[C@@](O)(C5C(=O)O6)C(C13)[C@@H](OC(=O)c1ccccc1)[C@@H]42. The molecule has 0 aromatic heterocycles. The summed E-state index contributed by atoms with van der Waals surface area (Å²) in [4.78, 5) is 29.6. The maximum atomic E-state index is 13.5. The number of ether oxygens (including phenoxy) is 3. The molecule has 0 radical (unpaired) electrons. The first-order chi connectivity index (χ1) is 17.3. The topological polar surface area (TPSA) is 85.3 Å². The lowest BCUT2D eigenvalue weighted by Crippen LogP contribution is -2.76. The van der Waals surface area contributed by atoms with Crippen molar-refractivity contribution < 1.29 is 28.9 Å². The number of hydrogen-bond donors (Lipinski definition) is 1. The number of nitrogens with zero attached hydrogens (tertiary/aromatic N) is 1. The summed E-state index contributed by atoms with van der Waals surface area (Å²) in [6.45, 7) is 6.29. The van der Waals surface area contributed by atoms with Crippen LogP contribution in [0.15, 0.2) is 30.3 Å². The van der Waals surface area contributed by atoms with Gasteiger partial charge in [-0.15, -0.1) is 0 Å². The molecule has 1 N–H and O–H groups in total. The van der Waals surface area contributed by atoms with Crippen LogP contribution in [0.3, 0.4) is 0 Å². The Hall–Kier alpha value is -1.96. The van der Waals surface area contributed by atoms with Crippen LogP contribution in [-0.4, -0.2) is 72.1 Å². The molecular formula is C29H37NO6. The number of piperidine rings is 1. The van der Waals surface area contributed by atoms with Crippen LogP contribution in [0.4, 0.5) is 0 Å². The van der Waals surface area contributed by atoms with Gasteiger partial charge in [0.1, 0.15) is 12.2 Å². The Morgan fingerprint density at radius 1 is 1.22 bits per heavy atom. The third-order valence-corrected chi connectivity index (χ3v) is 11.3. The number of aliphatic hydroxyl groups is 1. The molecule has 1 aromatic rings. The first kappa shape index (κ1) is 23.2. The lowest BCUT2D eigenvalue weighted by atomic mass is 9.42. The molecule has 8 rings (SSSR count). The minimum atomic E-state index is -1.27. The van der Waals surface area contributed by atoms with Crippen LogP contribution >= 0.6 is 0 Å². The standard InChI is InChI=1S/C29H37NO6/c1-4-30-15-27(2)12-11-19(34-3)29-18-14-17-10-13-28(33,20(18)26(32)35-17)21(24(29)30)22(23(27)29)36-25(31)16-8-6-5-7-9-16/h5-9,17-24,33H,4,10-15H2,1-3H3/t17-,18?,19?,20?,21?,22-,23-,24?,27+,28-,29?/m1/s1. The van der Waals surface area contributed by atoms with E-state index in [0.717, 1.165) is 32.4 Å². The summed E-state index contributed by atoms with van der Waals surface area (Å²) in [6, 6.07) is 9.13. The highest BCUT2D eigenvalue weighted by molar-refractivity contribution is 5.89. The highest BCUT2D eigenvalue weighted by atomic mass is 16.6. The van der Waals surface area contributed by atoms with Gasteiger partial charge < -0.3 is 19.3 Å². The Kier molecular flexibility index (Phi) is 4.86. The van der Waals surface area contributed by atoms with Crippen molar-refractivity contribution in [3.05, 3.63) is 35.9 Å². The summed E-state index contributed by atoms with van der Waals surface area (Å²) in [5, 5.41) is 12.6. The van der Waals surface area contributed by atoms with Gasteiger partial charge in [0.25, 0.3) is 0 Å². The summed E-state index contributed by atoms with van der Waals surface area (Å²) in [5.41, 5.74) is -1.23. The van der Waals surface area contributed by atoms with Crippen molar-refractivity contribution in [1.29, 1.82) is 0 Å². The second-order valence-corrected chi connectivity index (χ2v) is 12.6. The average molecular weight is 496 g/mol. The minimum Gasteiger partial charge on any atom is -0.462 e. The number of carbonyl (C=O) groups excluding carboxylic acids is 2. The van der Waals surface area contributed by atoms with Gasteiger partial charge in [0.15, 0.2) is 0 Å². The quantitative estimate of drug-likeness (QED) is 0.643. The molecule has 36 heavy (non-hydrogen) atoms. The molecular weight excluding hydrogens is 458 g/mol. The number of esters is 2. The zero-order valence-electron chi connectivity index (χ0n) is 21.4. The smallest absolute Gasteiger partial charge is 0.338 e. The molecule has 3 heterocycles. The Morgan fingerprint density at radius 2 is 2.00 bits per heavy atom. The highest BCUT2D eigenvalue weighted by Gasteiger charge is 2.85. The van der Waals surface area contributed by atoms with Crippen LogP contribution in [-0.2, 0) is 19.0 Å². The second kappa shape index (κ2) is 7.55. The largest absolute Gasteiger partial charge is 0.462 e. The third-order valence-electron chi connectivity index (χ3n) is 11.3. The van der Waals surface area contributed by atoms with Gasteiger partial charge in [-0.05, 0) is 62.1 Å². The van der Waals surface area contributed by atoms with Crippen molar-refractivity contribution >= 4 is 11.9 Å². The first-order valence-electron chi connectivity index (χ1n) is 13.8. The minimum absolute atomic E-state index is 0.00435. The van der Waals surface area contributed by atoms with E-state index in [1.165, 1.54) is 0 Å².